The summed E-state index contributed by atoms with van der Waals surface area (Å²) in [5, 5.41) is 6.72. The monoisotopic (exact) mass is 177 g/mol. The van der Waals surface area contributed by atoms with Gasteiger partial charge in [-0.05, 0) is 37.6 Å². The summed E-state index contributed by atoms with van der Waals surface area (Å²) in [5.74, 6) is 0.994. The summed E-state index contributed by atoms with van der Waals surface area (Å²) < 4.78 is 0. The van der Waals surface area contributed by atoms with Crippen LogP contribution in [0, 0.1) is 6.92 Å². The van der Waals surface area contributed by atoms with Crippen LogP contribution >= 0.6 is 0 Å². The smallest absolute Gasteiger partial charge is 0.126 e. The van der Waals surface area contributed by atoms with Crippen LogP contribution in [-0.2, 0) is 0 Å². The van der Waals surface area contributed by atoms with Gasteiger partial charge < -0.3 is 10.6 Å². The molecule has 1 aliphatic heterocycles. The highest BCUT2D eigenvalue weighted by Crippen LogP contribution is 2.09. The van der Waals surface area contributed by atoms with E-state index in [0.29, 0.717) is 6.04 Å². The maximum atomic E-state index is 4.26. The fraction of sp³-hybridized carbons (Fsp3) is 0.500. The van der Waals surface area contributed by atoms with Crippen molar-refractivity contribution in [3.63, 3.8) is 0 Å². The lowest BCUT2D eigenvalue weighted by Crippen LogP contribution is -2.22. The lowest BCUT2D eigenvalue weighted by atomic mass is 10.2. The Labute approximate surface area is 78.6 Å². The van der Waals surface area contributed by atoms with E-state index in [1.165, 1.54) is 12.0 Å². The number of hydrogen-bond acceptors (Lipinski definition) is 3. The molecule has 0 unspecified atom stereocenters. The first-order valence-corrected chi connectivity index (χ1v) is 4.74. The van der Waals surface area contributed by atoms with Crippen molar-refractivity contribution >= 4 is 5.82 Å². The van der Waals surface area contributed by atoms with E-state index in [4.69, 9.17) is 0 Å². The Balaban J connectivity index is 2.00. The van der Waals surface area contributed by atoms with E-state index in [2.05, 4.69) is 28.6 Å². The number of anilines is 1. The SMILES string of the molecule is Cc1ccnc(N[C@H]2CCNC2)c1. The lowest BCUT2D eigenvalue weighted by Gasteiger charge is -2.11. The number of pyridine rings is 1. The van der Waals surface area contributed by atoms with Crippen LogP contribution in [0.15, 0.2) is 18.3 Å². The molecule has 3 heteroatoms. The van der Waals surface area contributed by atoms with Crippen LogP contribution in [-0.4, -0.2) is 24.1 Å². The van der Waals surface area contributed by atoms with Crippen molar-refractivity contribution in [2.45, 2.75) is 19.4 Å². The minimum absolute atomic E-state index is 0.550. The third-order valence-electron chi connectivity index (χ3n) is 2.33. The Hall–Kier alpha value is -1.09. The molecule has 0 amide bonds. The van der Waals surface area contributed by atoms with Gasteiger partial charge in [0, 0.05) is 18.8 Å². The van der Waals surface area contributed by atoms with Crippen LogP contribution in [0.3, 0.4) is 0 Å². The van der Waals surface area contributed by atoms with Gasteiger partial charge in [-0.25, -0.2) is 4.98 Å². The van der Waals surface area contributed by atoms with E-state index in [9.17, 15) is 0 Å². The van der Waals surface area contributed by atoms with Crippen LogP contribution in [0.1, 0.15) is 12.0 Å². The second kappa shape index (κ2) is 3.75. The highest BCUT2D eigenvalue weighted by atomic mass is 15.1. The molecule has 13 heavy (non-hydrogen) atoms. The van der Waals surface area contributed by atoms with E-state index in [-0.39, 0.29) is 0 Å². The normalized spacial score (nSPS) is 21.8. The minimum Gasteiger partial charge on any atom is -0.366 e. The molecule has 0 radical (unpaired) electrons. The lowest BCUT2D eigenvalue weighted by molar-refractivity contribution is 0.788. The predicted molar refractivity (Wildman–Crippen MR) is 53.9 cm³/mol. The standard InChI is InChI=1S/C10H15N3/c1-8-2-5-12-10(6-8)13-9-3-4-11-7-9/h2,5-6,9,11H,3-4,7H2,1H3,(H,12,13)/t9-/m0/s1. The fourth-order valence-corrected chi connectivity index (χ4v) is 1.60. The largest absolute Gasteiger partial charge is 0.366 e. The van der Waals surface area contributed by atoms with Crippen LogP contribution in [0.25, 0.3) is 0 Å². The number of aromatic nitrogens is 1. The van der Waals surface area contributed by atoms with Gasteiger partial charge in [-0.1, -0.05) is 0 Å². The van der Waals surface area contributed by atoms with Gasteiger partial charge in [-0.15, -0.1) is 0 Å². The zero-order chi connectivity index (χ0) is 9.10. The van der Waals surface area contributed by atoms with Gasteiger partial charge in [-0.3, -0.25) is 0 Å². The topological polar surface area (TPSA) is 37.0 Å². The molecule has 1 aromatic heterocycles. The third kappa shape index (κ3) is 2.18. The minimum atomic E-state index is 0.550. The second-order valence-electron chi connectivity index (χ2n) is 3.55. The van der Waals surface area contributed by atoms with E-state index in [0.717, 1.165) is 18.9 Å². The molecule has 1 atom stereocenters. The van der Waals surface area contributed by atoms with E-state index >= 15 is 0 Å². The first-order chi connectivity index (χ1) is 6.34. The molecule has 2 heterocycles. The Morgan fingerprint density at radius 3 is 3.23 bits per heavy atom. The maximum absolute atomic E-state index is 4.26. The number of rotatable bonds is 2. The highest BCUT2D eigenvalue weighted by Gasteiger charge is 2.13. The van der Waals surface area contributed by atoms with Crippen LogP contribution in [0.5, 0.6) is 0 Å². The second-order valence-corrected chi connectivity index (χ2v) is 3.55. The van der Waals surface area contributed by atoms with E-state index < -0.39 is 0 Å². The molecular formula is C10H15N3. The van der Waals surface area contributed by atoms with Gasteiger partial charge in [0.05, 0.1) is 0 Å². The van der Waals surface area contributed by atoms with Crippen LogP contribution in [0.4, 0.5) is 5.82 Å². The van der Waals surface area contributed by atoms with Gasteiger partial charge in [-0.2, -0.15) is 0 Å². The van der Waals surface area contributed by atoms with Gasteiger partial charge in [0.1, 0.15) is 5.82 Å². The van der Waals surface area contributed by atoms with Gasteiger partial charge >= 0.3 is 0 Å². The molecule has 0 saturated carbocycles. The van der Waals surface area contributed by atoms with Crippen LogP contribution < -0.4 is 10.6 Å². The molecule has 1 fully saturated rings. The van der Waals surface area contributed by atoms with E-state index in [1.54, 1.807) is 0 Å². The van der Waals surface area contributed by atoms with Gasteiger partial charge in [0.15, 0.2) is 0 Å². The summed E-state index contributed by atoms with van der Waals surface area (Å²) in [6, 6.07) is 4.64. The molecule has 1 aromatic rings. The predicted octanol–water partition coefficient (Wildman–Crippen LogP) is 1.16. The molecular weight excluding hydrogens is 162 g/mol. The average molecular weight is 177 g/mol. The summed E-state index contributed by atoms with van der Waals surface area (Å²) in [6.07, 6.45) is 3.04. The van der Waals surface area contributed by atoms with Crippen molar-refractivity contribution < 1.29 is 0 Å². The first kappa shape index (κ1) is 8.51. The molecule has 0 spiro atoms. The molecule has 0 bridgehead atoms. The Morgan fingerprint density at radius 2 is 2.54 bits per heavy atom. The zero-order valence-electron chi connectivity index (χ0n) is 7.88. The van der Waals surface area contributed by atoms with Crippen molar-refractivity contribution in [1.29, 1.82) is 0 Å². The summed E-state index contributed by atoms with van der Waals surface area (Å²) in [4.78, 5) is 4.26. The Kier molecular flexibility index (Phi) is 2.45. The number of aryl methyl sites for hydroxylation is 1. The first-order valence-electron chi connectivity index (χ1n) is 4.74. The van der Waals surface area contributed by atoms with Crippen LogP contribution in [0.2, 0.25) is 0 Å². The number of nitrogens with one attached hydrogen (secondary N) is 2. The van der Waals surface area contributed by atoms with Crippen molar-refractivity contribution in [3.05, 3.63) is 23.9 Å². The zero-order valence-corrected chi connectivity index (χ0v) is 7.88. The molecule has 2 N–H and O–H groups in total. The quantitative estimate of drug-likeness (QED) is 0.712. The number of nitrogens with zero attached hydrogens (tertiary/aromatic N) is 1. The van der Waals surface area contributed by atoms with Crippen molar-refractivity contribution in [2.24, 2.45) is 0 Å². The molecule has 1 aliphatic rings. The summed E-state index contributed by atoms with van der Waals surface area (Å²) in [6.45, 7) is 4.25. The van der Waals surface area contributed by atoms with E-state index in [1.807, 2.05) is 12.3 Å². The summed E-state index contributed by atoms with van der Waals surface area (Å²) >= 11 is 0. The van der Waals surface area contributed by atoms with Gasteiger partial charge in [0.25, 0.3) is 0 Å². The highest BCUT2D eigenvalue weighted by molar-refractivity contribution is 5.38. The molecule has 2 rings (SSSR count). The molecule has 0 aromatic carbocycles. The van der Waals surface area contributed by atoms with Gasteiger partial charge in [0.2, 0.25) is 0 Å². The molecule has 1 saturated heterocycles. The Morgan fingerprint density at radius 1 is 1.62 bits per heavy atom. The number of hydrogen-bond donors (Lipinski definition) is 2. The third-order valence-corrected chi connectivity index (χ3v) is 2.33. The van der Waals surface area contributed by atoms with Crippen molar-refractivity contribution in [1.82, 2.24) is 10.3 Å². The molecule has 3 nitrogen and oxygen atoms in total. The fourth-order valence-electron chi connectivity index (χ4n) is 1.60. The summed E-state index contributed by atoms with van der Waals surface area (Å²) in [5.41, 5.74) is 1.25. The molecule has 70 valence electrons. The maximum Gasteiger partial charge on any atom is 0.126 e. The molecule has 0 aliphatic carbocycles. The van der Waals surface area contributed by atoms with Crippen molar-refractivity contribution in [3.8, 4) is 0 Å². The average Bonchev–Trinajstić information content (AvgIpc) is 2.57. The van der Waals surface area contributed by atoms with Crippen molar-refractivity contribution in [2.75, 3.05) is 18.4 Å². The Bertz CT molecular complexity index is 279. The summed E-state index contributed by atoms with van der Waals surface area (Å²) in [7, 11) is 0.